The van der Waals surface area contributed by atoms with Crippen molar-refractivity contribution in [3.8, 4) is 5.88 Å². The van der Waals surface area contributed by atoms with E-state index < -0.39 is 0 Å². The van der Waals surface area contributed by atoms with E-state index in [4.69, 9.17) is 9.47 Å². The smallest absolute Gasteiger partial charge is 0.251 e. The van der Waals surface area contributed by atoms with Gasteiger partial charge in [-0.2, -0.15) is 4.98 Å². The second kappa shape index (κ2) is 7.59. The SMILES string of the molecule is CCOc1ccnc(N2CCCN(C(=O)[C@@H]3CCCO3)CC2)n1. The van der Waals surface area contributed by atoms with Crippen molar-refractivity contribution >= 4 is 11.9 Å². The summed E-state index contributed by atoms with van der Waals surface area (Å²) in [5, 5.41) is 0. The van der Waals surface area contributed by atoms with E-state index >= 15 is 0 Å². The van der Waals surface area contributed by atoms with E-state index in [1.807, 2.05) is 11.8 Å². The van der Waals surface area contributed by atoms with Gasteiger partial charge < -0.3 is 19.3 Å². The maximum absolute atomic E-state index is 12.5. The summed E-state index contributed by atoms with van der Waals surface area (Å²) in [5.41, 5.74) is 0. The molecule has 1 aromatic heterocycles. The van der Waals surface area contributed by atoms with E-state index in [-0.39, 0.29) is 12.0 Å². The minimum Gasteiger partial charge on any atom is -0.478 e. The highest BCUT2D eigenvalue weighted by atomic mass is 16.5. The number of carbonyl (C=O) groups is 1. The average Bonchev–Trinajstić information content (AvgIpc) is 2.99. The molecule has 2 aliphatic heterocycles. The third kappa shape index (κ3) is 3.90. The number of ether oxygens (including phenoxy) is 2. The Morgan fingerprint density at radius 2 is 2.26 bits per heavy atom. The normalized spacial score (nSPS) is 22.0. The molecule has 0 unspecified atom stereocenters. The van der Waals surface area contributed by atoms with Gasteiger partial charge in [-0.15, -0.1) is 0 Å². The number of anilines is 1. The molecule has 23 heavy (non-hydrogen) atoms. The molecule has 126 valence electrons. The van der Waals surface area contributed by atoms with Crippen LogP contribution in [-0.2, 0) is 9.53 Å². The number of hydrogen-bond donors (Lipinski definition) is 0. The largest absolute Gasteiger partial charge is 0.478 e. The summed E-state index contributed by atoms with van der Waals surface area (Å²) in [7, 11) is 0. The van der Waals surface area contributed by atoms with Gasteiger partial charge in [0.2, 0.25) is 11.8 Å². The number of amides is 1. The third-order valence-electron chi connectivity index (χ3n) is 4.21. The van der Waals surface area contributed by atoms with Gasteiger partial charge in [-0.25, -0.2) is 4.98 Å². The van der Waals surface area contributed by atoms with Crippen LogP contribution >= 0.6 is 0 Å². The summed E-state index contributed by atoms with van der Waals surface area (Å²) >= 11 is 0. The molecule has 0 bridgehead atoms. The van der Waals surface area contributed by atoms with Crippen molar-refractivity contribution < 1.29 is 14.3 Å². The Balaban J connectivity index is 1.61. The van der Waals surface area contributed by atoms with Gasteiger partial charge in [0.1, 0.15) is 6.10 Å². The molecule has 2 fully saturated rings. The van der Waals surface area contributed by atoms with Gasteiger partial charge in [-0.1, -0.05) is 0 Å². The number of hydrogen-bond acceptors (Lipinski definition) is 6. The van der Waals surface area contributed by atoms with Gasteiger partial charge in [-0.05, 0) is 26.2 Å². The quantitative estimate of drug-likeness (QED) is 0.827. The first-order valence-corrected chi connectivity index (χ1v) is 8.39. The van der Waals surface area contributed by atoms with E-state index in [0.29, 0.717) is 31.6 Å². The topological polar surface area (TPSA) is 67.8 Å². The predicted octanol–water partition coefficient (Wildman–Crippen LogP) is 1.09. The molecule has 0 aromatic carbocycles. The molecular weight excluding hydrogens is 296 g/mol. The highest BCUT2D eigenvalue weighted by molar-refractivity contribution is 5.81. The van der Waals surface area contributed by atoms with E-state index in [9.17, 15) is 4.79 Å². The van der Waals surface area contributed by atoms with Gasteiger partial charge in [-0.3, -0.25) is 4.79 Å². The van der Waals surface area contributed by atoms with E-state index in [1.165, 1.54) is 0 Å². The summed E-state index contributed by atoms with van der Waals surface area (Å²) in [4.78, 5) is 25.3. The Labute approximate surface area is 136 Å². The Bertz CT molecular complexity index is 534. The van der Waals surface area contributed by atoms with Gasteiger partial charge in [0.25, 0.3) is 5.91 Å². The van der Waals surface area contributed by atoms with Crippen LogP contribution < -0.4 is 9.64 Å². The molecule has 1 atom stereocenters. The van der Waals surface area contributed by atoms with Crippen LogP contribution in [0.1, 0.15) is 26.2 Å². The van der Waals surface area contributed by atoms with Gasteiger partial charge in [0.15, 0.2) is 0 Å². The van der Waals surface area contributed by atoms with E-state index in [0.717, 1.165) is 38.9 Å². The fraction of sp³-hybridized carbons (Fsp3) is 0.688. The lowest BCUT2D eigenvalue weighted by Gasteiger charge is -2.24. The van der Waals surface area contributed by atoms with Crippen molar-refractivity contribution in [2.75, 3.05) is 44.3 Å². The number of rotatable bonds is 4. The number of aromatic nitrogens is 2. The van der Waals surface area contributed by atoms with Crippen molar-refractivity contribution in [2.24, 2.45) is 0 Å². The zero-order valence-electron chi connectivity index (χ0n) is 13.6. The molecule has 0 saturated carbocycles. The highest BCUT2D eigenvalue weighted by Gasteiger charge is 2.29. The van der Waals surface area contributed by atoms with Crippen molar-refractivity contribution in [3.63, 3.8) is 0 Å². The second-order valence-corrected chi connectivity index (χ2v) is 5.80. The molecule has 7 nitrogen and oxygen atoms in total. The zero-order chi connectivity index (χ0) is 16.1. The van der Waals surface area contributed by atoms with Crippen molar-refractivity contribution in [1.82, 2.24) is 14.9 Å². The van der Waals surface area contributed by atoms with E-state index in [2.05, 4.69) is 14.9 Å². The van der Waals surface area contributed by atoms with Crippen LogP contribution in [0.15, 0.2) is 12.3 Å². The first-order valence-electron chi connectivity index (χ1n) is 8.39. The molecule has 0 spiro atoms. The number of nitrogens with zero attached hydrogens (tertiary/aromatic N) is 4. The fourth-order valence-corrected chi connectivity index (χ4v) is 3.03. The maximum Gasteiger partial charge on any atom is 0.251 e. The third-order valence-corrected chi connectivity index (χ3v) is 4.21. The zero-order valence-corrected chi connectivity index (χ0v) is 13.6. The summed E-state index contributed by atoms with van der Waals surface area (Å²) in [6.45, 7) is 6.23. The van der Waals surface area contributed by atoms with Crippen LogP contribution in [0.25, 0.3) is 0 Å². The first-order chi connectivity index (χ1) is 11.3. The molecule has 2 saturated heterocycles. The van der Waals surface area contributed by atoms with Crippen LogP contribution in [0.3, 0.4) is 0 Å². The highest BCUT2D eigenvalue weighted by Crippen LogP contribution is 2.18. The molecule has 3 heterocycles. The summed E-state index contributed by atoms with van der Waals surface area (Å²) in [6, 6.07) is 1.76. The lowest BCUT2D eigenvalue weighted by atomic mass is 10.2. The monoisotopic (exact) mass is 320 g/mol. The molecule has 2 aliphatic rings. The van der Waals surface area contributed by atoms with Crippen molar-refractivity contribution in [2.45, 2.75) is 32.3 Å². The Morgan fingerprint density at radius 3 is 3.04 bits per heavy atom. The van der Waals surface area contributed by atoms with Gasteiger partial charge in [0.05, 0.1) is 6.61 Å². The molecule has 0 N–H and O–H groups in total. The Kier molecular flexibility index (Phi) is 5.27. The molecule has 1 amide bonds. The molecule has 0 radical (unpaired) electrons. The predicted molar refractivity (Wildman–Crippen MR) is 85.6 cm³/mol. The minimum absolute atomic E-state index is 0.133. The number of carbonyl (C=O) groups excluding carboxylic acids is 1. The Hall–Kier alpha value is -1.89. The summed E-state index contributed by atoms with van der Waals surface area (Å²) < 4.78 is 11.0. The first kappa shape index (κ1) is 16.0. The van der Waals surface area contributed by atoms with E-state index in [1.54, 1.807) is 12.3 Å². The minimum atomic E-state index is -0.237. The van der Waals surface area contributed by atoms with Crippen LogP contribution in [0.5, 0.6) is 5.88 Å². The molecule has 0 aliphatic carbocycles. The Morgan fingerprint density at radius 1 is 1.35 bits per heavy atom. The second-order valence-electron chi connectivity index (χ2n) is 5.80. The van der Waals surface area contributed by atoms with Crippen LogP contribution in [0.2, 0.25) is 0 Å². The average molecular weight is 320 g/mol. The molecule has 7 heteroatoms. The molecular formula is C16H24N4O3. The van der Waals surface area contributed by atoms with Gasteiger partial charge in [0, 0.05) is 45.0 Å². The fourth-order valence-electron chi connectivity index (χ4n) is 3.03. The standard InChI is InChI=1S/C16H24N4O3/c1-2-22-14-6-7-17-16(18-14)20-9-4-8-19(10-11-20)15(21)13-5-3-12-23-13/h6-7,13H,2-5,8-12H2,1H3/t13-/m0/s1. The lowest BCUT2D eigenvalue weighted by Crippen LogP contribution is -2.41. The van der Waals surface area contributed by atoms with Crippen LogP contribution in [0, 0.1) is 0 Å². The van der Waals surface area contributed by atoms with Crippen molar-refractivity contribution in [1.29, 1.82) is 0 Å². The van der Waals surface area contributed by atoms with Crippen LogP contribution in [0.4, 0.5) is 5.95 Å². The summed E-state index contributed by atoms with van der Waals surface area (Å²) in [5.74, 6) is 1.39. The summed E-state index contributed by atoms with van der Waals surface area (Å²) in [6.07, 6.45) is 4.21. The lowest BCUT2D eigenvalue weighted by molar-refractivity contribution is -0.140. The van der Waals surface area contributed by atoms with Crippen molar-refractivity contribution in [3.05, 3.63) is 12.3 Å². The maximum atomic E-state index is 12.5. The molecule has 1 aromatic rings. The molecule has 3 rings (SSSR count). The van der Waals surface area contributed by atoms with Crippen LogP contribution in [-0.4, -0.2) is 66.3 Å². The van der Waals surface area contributed by atoms with Gasteiger partial charge >= 0.3 is 0 Å².